The van der Waals surface area contributed by atoms with Crippen LogP contribution in [0.15, 0.2) is 60.7 Å². The van der Waals surface area contributed by atoms with Crippen LogP contribution in [0, 0.1) is 0 Å². The minimum Gasteiger partial charge on any atom is -0.469 e. The van der Waals surface area contributed by atoms with Crippen LogP contribution in [0.4, 0.5) is 5.69 Å². The largest absolute Gasteiger partial charge is 0.469 e. The number of rotatable bonds is 7. The van der Waals surface area contributed by atoms with Crippen LogP contribution in [-0.2, 0) is 19.1 Å². The Bertz CT molecular complexity index is 1120. The molecule has 0 aliphatic rings. The lowest BCUT2D eigenvalue weighted by Gasteiger charge is -2.18. The van der Waals surface area contributed by atoms with Crippen molar-refractivity contribution in [2.45, 2.75) is 18.9 Å². The van der Waals surface area contributed by atoms with Gasteiger partial charge in [-0.15, -0.1) is 0 Å². The number of carbonyl (C=O) groups excluding carboxylic acids is 3. The Balaban J connectivity index is 1.98. The third kappa shape index (κ3) is 5.01. The minimum absolute atomic E-state index is 0.0333. The number of esters is 2. The average Bonchev–Trinajstić information content (AvgIpc) is 2.80. The molecule has 3 N–H and O–H groups in total. The number of nitrogen functional groups attached to an aromatic ring is 1. The second-order valence-corrected chi connectivity index (χ2v) is 7.00. The van der Waals surface area contributed by atoms with Crippen LogP contribution < -0.4 is 11.1 Å². The molecule has 160 valence electrons. The Labute approximate surface area is 180 Å². The van der Waals surface area contributed by atoms with E-state index in [0.29, 0.717) is 16.8 Å². The van der Waals surface area contributed by atoms with Gasteiger partial charge in [-0.05, 0) is 46.5 Å². The highest BCUT2D eigenvalue weighted by molar-refractivity contribution is 6.07. The van der Waals surface area contributed by atoms with E-state index in [-0.39, 0.29) is 12.8 Å². The highest BCUT2D eigenvalue weighted by Crippen LogP contribution is 2.32. The monoisotopic (exact) mass is 420 g/mol. The molecule has 0 aromatic heterocycles. The predicted octanol–water partition coefficient (Wildman–Crippen LogP) is 3.31. The number of carbonyl (C=O) groups is 3. The van der Waals surface area contributed by atoms with Gasteiger partial charge < -0.3 is 20.5 Å². The van der Waals surface area contributed by atoms with Crippen molar-refractivity contribution in [3.8, 4) is 11.1 Å². The van der Waals surface area contributed by atoms with E-state index in [2.05, 4.69) is 10.1 Å². The number of anilines is 1. The summed E-state index contributed by atoms with van der Waals surface area (Å²) >= 11 is 0. The molecule has 0 aliphatic carbocycles. The number of benzene rings is 3. The van der Waals surface area contributed by atoms with E-state index < -0.39 is 23.9 Å². The number of nitrogens with one attached hydrogen (secondary N) is 1. The number of hydrogen-bond acceptors (Lipinski definition) is 6. The molecule has 3 aromatic carbocycles. The molecule has 7 nitrogen and oxygen atoms in total. The summed E-state index contributed by atoms with van der Waals surface area (Å²) in [6.07, 6.45) is 0.0259. The second kappa shape index (κ2) is 9.75. The molecule has 0 spiro atoms. The zero-order valence-electron chi connectivity index (χ0n) is 17.4. The summed E-state index contributed by atoms with van der Waals surface area (Å²) in [7, 11) is 2.49. The van der Waals surface area contributed by atoms with Gasteiger partial charge in [-0.25, -0.2) is 4.79 Å². The summed E-state index contributed by atoms with van der Waals surface area (Å²) in [6, 6.07) is 17.7. The summed E-state index contributed by atoms with van der Waals surface area (Å²) in [4.78, 5) is 36.8. The number of amides is 1. The highest BCUT2D eigenvalue weighted by Gasteiger charge is 2.25. The van der Waals surface area contributed by atoms with E-state index in [0.717, 1.165) is 16.3 Å². The first-order valence-corrected chi connectivity index (χ1v) is 9.77. The SMILES string of the molecule is COC(=O)CCC(NC(=O)c1ccc(N)cc1-c1cccc2ccccc12)C(=O)OC. The number of hydrogen-bond donors (Lipinski definition) is 2. The van der Waals surface area contributed by atoms with Gasteiger partial charge >= 0.3 is 11.9 Å². The molecule has 1 amide bonds. The molecule has 3 rings (SSSR count). The molecule has 31 heavy (non-hydrogen) atoms. The zero-order valence-corrected chi connectivity index (χ0v) is 17.4. The number of methoxy groups -OCH3 is 2. The summed E-state index contributed by atoms with van der Waals surface area (Å²) < 4.78 is 9.40. The normalized spacial score (nSPS) is 11.5. The maximum atomic E-state index is 13.2. The quantitative estimate of drug-likeness (QED) is 0.448. The Morgan fingerprint density at radius 3 is 2.42 bits per heavy atom. The number of ether oxygens (including phenoxy) is 2. The summed E-state index contributed by atoms with van der Waals surface area (Å²) in [5.74, 6) is -1.59. The third-order valence-corrected chi connectivity index (χ3v) is 5.02. The molecule has 0 saturated heterocycles. The summed E-state index contributed by atoms with van der Waals surface area (Å²) in [5.41, 5.74) is 8.38. The first-order chi connectivity index (χ1) is 14.9. The van der Waals surface area contributed by atoms with E-state index >= 15 is 0 Å². The fourth-order valence-electron chi connectivity index (χ4n) is 3.43. The summed E-state index contributed by atoms with van der Waals surface area (Å²) in [6.45, 7) is 0. The van der Waals surface area contributed by atoms with E-state index in [9.17, 15) is 14.4 Å². The van der Waals surface area contributed by atoms with E-state index in [1.54, 1.807) is 18.2 Å². The lowest BCUT2D eigenvalue weighted by Crippen LogP contribution is -2.42. The second-order valence-electron chi connectivity index (χ2n) is 7.00. The molecular formula is C24H24N2O5. The van der Waals surface area contributed by atoms with Crippen LogP contribution in [-0.4, -0.2) is 38.1 Å². The molecule has 0 fully saturated rings. The zero-order chi connectivity index (χ0) is 22.4. The van der Waals surface area contributed by atoms with Crippen molar-refractivity contribution in [2.75, 3.05) is 20.0 Å². The molecule has 3 aromatic rings. The van der Waals surface area contributed by atoms with Crippen molar-refractivity contribution < 1.29 is 23.9 Å². The molecule has 0 heterocycles. The van der Waals surface area contributed by atoms with E-state index in [1.807, 2.05) is 42.5 Å². The van der Waals surface area contributed by atoms with Crippen molar-refractivity contribution in [1.29, 1.82) is 0 Å². The molecule has 1 atom stereocenters. The van der Waals surface area contributed by atoms with Gasteiger partial charge in [0.2, 0.25) is 0 Å². The molecule has 7 heteroatoms. The van der Waals surface area contributed by atoms with Gasteiger partial charge in [0.05, 0.1) is 14.2 Å². The molecule has 0 radical (unpaired) electrons. The van der Waals surface area contributed by atoms with Crippen LogP contribution in [0.5, 0.6) is 0 Å². The van der Waals surface area contributed by atoms with Gasteiger partial charge in [-0.3, -0.25) is 9.59 Å². The molecule has 0 saturated carbocycles. The lowest BCUT2D eigenvalue weighted by atomic mass is 9.93. The maximum Gasteiger partial charge on any atom is 0.328 e. The van der Waals surface area contributed by atoms with Crippen LogP contribution in [0.1, 0.15) is 23.2 Å². The van der Waals surface area contributed by atoms with Crippen LogP contribution >= 0.6 is 0 Å². The maximum absolute atomic E-state index is 13.2. The third-order valence-electron chi connectivity index (χ3n) is 5.02. The van der Waals surface area contributed by atoms with Crippen LogP contribution in [0.3, 0.4) is 0 Å². The fraction of sp³-hybridized carbons (Fsp3) is 0.208. The van der Waals surface area contributed by atoms with Gasteiger partial charge in [0.25, 0.3) is 5.91 Å². The Morgan fingerprint density at radius 2 is 1.68 bits per heavy atom. The van der Waals surface area contributed by atoms with Crippen molar-refractivity contribution in [3.05, 3.63) is 66.2 Å². The first kappa shape index (κ1) is 21.8. The highest BCUT2D eigenvalue weighted by atomic mass is 16.5. The van der Waals surface area contributed by atoms with Crippen LogP contribution in [0.25, 0.3) is 21.9 Å². The average molecular weight is 420 g/mol. The Kier molecular flexibility index (Phi) is 6.87. The first-order valence-electron chi connectivity index (χ1n) is 9.77. The topological polar surface area (TPSA) is 108 Å². The molecule has 1 unspecified atom stereocenters. The fourth-order valence-corrected chi connectivity index (χ4v) is 3.43. The summed E-state index contributed by atoms with van der Waals surface area (Å²) in [5, 5.41) is 4.68. The molecule has 0 aliphatic heterocycles. The van der Waals surface area contributed by atoms with Crippen molar-refractivity contribution in [1.82, 2.24) is 5.32 Å². The van der Waals surface area contributed by atoms with Gasteiger partial charge in [0, 0.05) is 17.7 Å². The van der Waals surface area contributed by atoms with Crippen molar-refractivity contribution in [3.63, 3.8) is 0 Å². The van der Waals surface area contributed by atoms with Crippen molar-refractivity contribution in [2.24, 2.45) is 0 Å². The van der Waals surface area contributed by atoms with Crippen LogP contribution in [0.2, 0.25) is 0 Å². The van der Waals surface area contributed by atoms with Gasteiger partial charge in [0.1, 0.15) is 6.04 Å². The lowest BCUT2D eigenvalue weighted by molar-refractivity contribution is -0.144. The van der Waals surface area contributed by atoms with Gasteiger partial charge in [0.15, 0.2) is 0 Å². The Morgan fingerprint density at radius 1 is 0.935 bits per heavy atom. The smallest absolute Gasteiger partial charge is 0.328 e. The Hall–Kier alpha value is -3.87. The number of fused-ring (bicyclic) bond motifs is 1. The van der Waals surface area contributed by atoms with E-state index in [1.165, 1.54) is 14.2 Å². The minimum atomic E-state index is -0.991. The standard InChI is InChI=1S/C24H24N2O5/c1-30-22(27)13-12-21(24(29)31-2)26-23(28)19-11-10-16(25)14-20(19)18-9-5-7-15-6-3-4-8-17(15)18/h3-11,14,21H,12-13,25H2,1-2H3,(H,26,28). The van der Waals surface area contributed by atoms with Crippen molar-refractivity contribution >= 4 is 34.3 Å². The molecular weight excluding hydrogens is 396 g/mol. The number of nitrogens with two attached hydrogens (primary N) is 1. The van der Waals surface area contributed by atoms with Gasteiger partial charge in [-0.1, -0.05) is 42.5 Å². The van der Waals surface area contributed by atoms with E-state index in [4.69, 9.17) is 10.5 Å². The predicted molar refractivity (Wildman–Crippen MR) is 118 cm³/mol. The van der Waals surface area contributed by atoms with Gasteiger partial charge in [-0.2, -0.15) is 0 Å². The molecule has 0 bridgehead atoms.